The van der Waals surface area contributed by atoms with Crippen LogP contribution < -0.4 is 10.6 Å². The Morgan fingerprint density at radius 3 is 2.43 bits per heavy atom. The van der Waals surface area contributed by atoms with Gasteiger partial charge in [0.2, 0.25) is 0 Å². The van der Waals surface area contributed by atoms with Crippen LogP contribution in [0.1, 0.15) is 47.0 Å². The van der Waals surface area contributed by atoms with E-state index in [4.69, 9.17) is 0 Å². The summed E-state index contributed by atoms with van der Waals surface area (Å²) in [6.45, 7) is 8.02. The van der Waals surface area contributed by atoms with Crippen LogP contribution in [-0.2, 0) is 0 Å². The summed E-state index contributed by atoms with van der Waals surface area (Å²) in [6.07, 6.45) is 3.80. The molecular weight excluding hydrogens is 176 g/mol. The van der Waals surface area contributed by atoms with Crippen molar-refractivity contribution >= 4 is 6.03 Å². The van der Waals surface area contributed by atoms with E-state index < -0.39 is 0 Å². The van der Waals surface area contributed by atoms with Crippen LogP contribution in [0.4, 0.5) is 4.79 Å². The Bertz CT molecular complexity index is 204. The first-order valence-electron chi connectivity index (χ1n) is 5.45. The Morgan fingerprint density at radius 2 is 2.00 bits per heavy atom. The summed E-state index contributed by atoms with van der Waals surface area (Å²) in [7, 11) is 0. The molecular formula is C11H22N2O. The SMILES string of the molecule is CC(CC1CC1)NC(=O)NC(C)(C)C. The van der Waals surface area contributed by atoms with E-state index >= 15 is 0 Å². The lowest BCUT2D eigenvalue weighted by atomic mass is 10.1. The minimum Gasteiger partial charge on any atom is -0.336 e. The van der Waals surface area contributed by atoms with E-state index in [9.17, 15) is 4.79 Å². The van der Waals surface area contributed by atoms with E-state index in [0.717, 1.165) is 12.3 Å². The van der Waals surface area contributed by atoms with Crippen LogP contribution in [0.3, 0.4) is 0 Å². The van der Waals surface area contributed by atoms with Gasteiger partial charge in [-0.1, -0.05) is 12.8 Å². The Balaban J connectivity index is 2.18. The van der Waals surface area contributed by atoms with Gasteiger partial charge in [0.15, 0.2) is 0 Å². The number of urea groups is 1. The van der Waals surface area contributed by atoms with E-state index in [0.29, 0.717) is 6.04 Å². The van der Waals surface area contributed by atoms with Crippen LogP contribution in [-0.4, -0.2) is 17.6 Å². The van der Waals surface area contributed by atoms with Crippen molar-refractivity contribution in [1.82, 2.24) is 10.6 Å². The van der Waals surface area contributed by atoms with E-state index in [-0.39, 0.29) is 11.6 Å². The second-order valence-electron chi connectivity index (χ2n) is 5.43. The molecule has 0 heterocycles. The molecule has 3 heteroatoms. The summed E-state index contributed by atoms with van der Waals surface area (Å²) in [4.78, 5) is 11.4. The molecule has 1 unspecified atom stereocenters. The first kappa shape index (κ1) is 11.3. The largest absolute Gasteiger partial charge is 0.336 e. The second kappa shape index (κ2) is 4.20. The minimum absolute atomic E-state index is 0.0503. The van der Waals surface area contributed by atoms with Crippen molar-refractivity contribution in [3.8, 4) is 0 Å². The van der Waals surface area contributed by atoms with Gasteiger partial charge in [-0.2, -0.15) is 0 Å². The number of hydrogen-bond acceptors (Lipinski definition) is 1. The first-order chi connectivity index (χ1) is 6.37. The van der Waals surface area contributed by atoms with Crippen LogP contribution in [0, 0.1) is 5.92 Å². The third-order valence-electron chi connectivity index (χ3n) is 2.25. The molecule has 3 nitrogen and oxygen atoms in total. The van der Waals surface area contributed by atoms with Crippen LogP contribution >= 0.6 is 0 Å². The van der Waals surface area contributed by atoms with Crippen molar-refractivity contribution in [2.24, 2.45) is 5.92 Å². The molecule has 0 aromatic carbocycles. The quantitative estimate of drug-likeness (QED) is 0.717. The average molecular weight is 198 g/mol. The topological polar surface area (TPSA) is 41.1 Å². The molecule has 14 heavy (non-hydrogen) atoms. The van der Waals surface area contributed by atoms with Gasteiger partial charge in [0.25, 0.3) is 0 Å². The van der Waals surface area contributed by atoms with E-state index in [1.165, 1.54) is 12.8 Å². The summed E-state index contributed by atoms with van der Waals surface area (Å²) >= 11 is 0. The smallest absolute Gasteiger partial charge is 0.315 e. The summed E-state index contributed by atoms with van der Waals surface area (Å²) in [6, 6.07) is 0.246. The fraction of sp³-hybridized carbons (Fsp3) is 0.909. The molecule has 0 aromatic rings. The second-order valence-corrected chi connectivity index (χ2v) is 5.43. The van der Waals surface area contributed by atoms with Gasteiger partial charge in [-0.05, 0) is 40.0 Å². The monoisotopic (exact) mass is 198 g/mol. The van der Waals surface area contributed by atoms with Crippen LogP contribution in [0.15, 0.2) is 0 Å². The van der Waals surface area contributed by atoms with E-state index in [1.54, 1.807) is 0 Å². The highest BCUT2D eigenvalue weighted by atomic mass is 16.2. The zero-order valence-electron chi connectivity index (χ0n) is 9.68. The van der Waals surface area contributed by atoms with Crippen molar-refractivity contribution in [2.45, 2.75) is 58.5 Å². The van der Waals surface area contributed by atoms with Gasteiger partial charge in [-0.25, -0.2) is 4.79 Å². The summed E-state index contributed by atoms with van der Waals surface area (Å²) in [5.41, 5.74) is -0.149. The predicted octanol–water partition coefficient (Wildman–Crippen LogP) is 2.27. The van der Waals surface area contributed by atoms with Gasteiger partial charge in [0.1, 0.15) is 0 Å². The maximum absolute atomic E-state index is 11.4. The molecule has 1 atom stereocenters. The van der Waals surface area contributed by atoms with Crippen LogP contribution in [0.5, 0.6) is 0 Å². The minimum atomic E-state index is -0.149. The molecule has 0 bridgehead atoms. The molecule has 1 fully saturated rings. The molecule has 0 spiro atoms. The zero-order valence-corrected chi connectivity index (χ0v) is 9.68. The molecule has 0 aromatic heterocycles. The highest BCUT2D eigenvalue weighted by Gasteiger charge is 2.24. The fourth-order valence-electron chi connectivity index (χ4n) is 1.51. The molecule has 1 saturated carbocycles. The van der Waals surface area contributed by atoms with Crippen molar-refractivity contribution in [3.63, 3.8) is 0 Å². The van der Waals surface area contributed by atoms with Gasteiger partial charge >= 0.3 is 6.03 Å². The molecule has 82 valence electrons. The maximum atomic E-state index is 11.4. The van der Waals surface area contributed by atoms with Crippen molar-refractivity contribution < 1.29 is 4.79 Å². The molecule has 2 N–H and O–H groups in total. The average Bonchev–Trinajstić information content (AvgIpc) is 2.64. The maximum Gasteiger partial charge on any atom is 0.315 e. The van der Waals surface area contributed by atoms with Crippen LogP contribution in [0.2, 0.25) is 0 Å². The fourth-order valence-corrected chi connectivity index (χ4v) is 1.51. The Morgan fingerprint density at radius 1 is 1.43 bits per heavy atom. The van der Waals surface area contributed by atoms with E-state index in [1.807, 2.05) is 20.8 Å². The summed E-state index contributed by atoms with van der Waals surface area (Å²) in [5.74, 6) is 0.861. The van der Waals surface area contributed by atoms with Gasteiger partial charge in [-0.15, -0.1) is 0 Å². The van der Waals surface area contributed by atoms with Crippen molar-refractivity contribution in [1.29, 1.82) is 0 Å². The number of carbonyl (C=O) groups excluding carboxylic acids is 1. The highest BCUT2D eigenvalue weighted by Crippen LogP contribution is 2.33. The lowest BCUT2D eigenvalue weighted by Gasteiger charge is -2.22. The van der Waals surface area contributed by atoms with Gasteiger partial charge in [-0.3, -0.25) is 0 Å². The first-order valence-corrected chi connectivity index (χ1v) is 5.45. The molecule has 1 aliphatic rings. The molecule has 0 aliphatic heterocycles. The summed E-state index contributed by atoms with van der Waals surface area (Å²) in [5, 5.41) is 5.85. The lowest BCUT2D eigenvalue weighted by molar-refractivity contribution is 0.228. The highest BCUT2D eigenvalue weighted by molar-refractivity contribution is 5.74. The number of carbonyl (C=O) groups is 1. The molecule has 1 aliphatic carbocycles. The van der Waals surface area contributed by atoms with Gasteiger partial charge < -0.3 is 10.6 Å². The number of hydrogen-bond donors (Lipinski definition) is 2. The number of nitrogens with one attached hydrogen (secondary N) is 2. The third-order valence-corrected chi connectivity index (χ3v) is 2.25. The summed E-state index contributed by atoms with van der Waals surface area (Å²) < 4.78 is 0. The van der Waals surface area contributed by atoms with Crippen LogP contribution in [0.25, 0.3) is 0 Å². The molecule has 0 radical (unpaired) electrons. The van der Waals surface area contributed by atoms with Crippen molar-refractivity contribution in [3.05, 3.63) is 0 Å². The standard InChI is InChI=1S/C11H22N2O/c1-8(7-9-5-6-9)12-10(14)13-11(2,3)4/h8-9H,5-7H2,1-4H3,(H2,12,13,14). The molecule has 2 amide bonds. The Kier molecular flexibility index (Phi) is 3.40. The lowest BCUT2D eigenvalue weighted by Crippen LogP contribution is -2.48. The third kappa shape index (κ3) is 5.10. The Labute approximate surface area is 86.6 Å². The molecule has 1 rings (SSSR count). The van der Waals surface area contributed by atoms with Crippen molar-refractivity contribution in [2.75, 3.05) is 0 Å². The predicted molar refractivity (Wildman–Crippen MR) is 58.2 cm³/mol. The van der Waals surface area contributed by atoms with Gasteiger partial charge in [0, 0.05) is 11.6 Å². The normalized spacial score (nSPS) is 18.9. The zero-order chi connectivity index (χ0) is 10.8. The number of amides is 2. The molecule has 0 saturated heterocycles. The van der Waals surface area contributed by atoms with Gasteiger partial charge in [0.05, 0.1) is 0 Å². The Hall–Kier alpha value is -0.730. The van der Waals surface area contributed by atoms with E-state index in [2.05, 4.69) is 17.6 Å². The number of rotatable bonds is 3.